The van der Waals surface area contributed by atoms with Crippen LogP contribution in [0.5, 0.6) is 0 Å². The van der Waals surface area contributed by atoms with E-state index in [0.717, 1.165) is 16.5 Å². The number of hydrogen-bond acceptors (Lipinski definition) is 2. The lowest BCUT2D eigenvalue weighted by Gasteiger charge is -2.30. The molecular formula is C16H19N3O2. The molecule has 0 bridgehead atoms. The van der Waals surface area contributed by atoms with Crippen molar-refractivity contribution >= 4 is 22.7 Å². The Balaban J connectivity index is 1.62. The van der Waals surface area contributed by atoms with E-state index in [4.69, 9.17) is 5.73 Å². The van der Waals surface area contributed by atoms with Gasteiger partial charge in [-0.05, 0) is 42.0 Å². The highest BCUT2D eigenvalue weighted by Crippen LogP contribution is 2.19. The lowest BCUT2D eigenvalue weighted by molar-refractivity contribution is -0.134. The van der Waals surface area contributed by atoms with Crippen molar-refractivity contribution in [3.8, 4) is 0 Å². The van der Waals surface area contributed by atoms with Crippen LogP contribution in [0.3, 0.4) is 0 Å². The summed E-state index contributed by atoms with van der Waals surface area (Å²) in [4.78, 5) is 28.4. The molecule has 1 fully saturated rings. The molecule has 0 aliphatic carbocycles. The quantitative estimate of drug-likeness (QED) is 0.894. The molecule has 0 atom stereocenters. The van der Waals surface area contributed by atoms with Gasteiger partial charge in [0.1, 0.15) is 0 Å². The standard InChI is InChI=1S/C16H19N3O2/c17-16(21)12-4-7-19(8-5-12)15(20)10-11-1-2-14-13(9-11)3-6-18-14/h1-3,6,9,12,18H,4-5,7-8,10H2,(H2,17,21). The van der Waals surface area contributed by atoms with E-state index in [1.165, 1.54) is 0 Å². The van der Waals surface area contributed by atoms with E-state index in [1.807, 2.05) is 35.4 Å². The number of likely N-dealkylation sites (tertiary alicyclic amines) is 1. The molecule has 5 heteroatoms. The highest BCUT2D eigenvalue weighted by molar-refractivity contribution is 5.84. The van der Waals surface area contributed by atoms with Crippen LogP contribution < -0.4 is 5.73 Å². The molecule has 0 radical (unpaired) electrons. The highest BCUT2D eigenvalue weighted by atomic mass is 16.2. The smallest absolute Gasteiger partial charge is 0.226 e. The molecule has 2 aromatic rings. The van der Waals surface area contributed by atoms with Gasteiger partial charge in [-0.1, -0.05) is 6.07 Å². The highest BCUT2D eigenvalue weighted by Gasteiger charge is 2.25. The third-order valence-electron chi connectivity index (χ3n) is 4.22. The number of nitrogens with one attached hydrogen (secondary N) is 1. The third kappa shape index (κ3) is 2.91. The van der Waals surface area contributed by atoms with E-state index in [1.54, 1.807) is 0 Å². The van der Waals surface area contributed by atoms with Gasteiger partial charge in [-0.15, -0.1) is 0 Å². The van der Waals surface area contributed by atoms with Crippen molar-refractivity contribution in [3.63, 3.8) is 0 Å². The number of aromatic amines is 1. The monoisotopic (exact) mass is 285 g/mol. The number of aromatic nitrogens is 1. The van der Waals surface area contributed by atoms with Gasteiger partial charge in [0.15, 0.2) is 0 Å². The number of H-pyrrole nitrogens is 1. The first-order chi connectivity index (χ1) is 10.1. The van der Waals surface area contributed by atoms with Crippen LogP contribution in [-0.4, -0.2) is 34.8 Å². The maximum Gasteiger partial charge on any atom is 0.226 e. The summed E-state index contributed by atoms with van der Waals surface area (Å²) in [5.41, 5.74) is 7.40. The summed E-state index contributed by atoms with van der Waals surface area (Å²) < 4.78 is 0. The number of nitrogens with two attached hydrogens (primary N) is 1. The van der Waals surface area contributed by atoms with E-state index < -0.39 is 0 Å². The average molecular weight is 285 g/mol. The number of amides is 2. The van der Waals surface area contributed by atoms with E-state index in [0.29, 0.717) is 32.4 Å². The van der Waals surface area contributed by atoms with Gasteiger partial charge in [0.05, 0.1) is 6.42 Å². The first-order valence-electron chi connectivity index (χ1n) is 7.26. The molecule has 21 heavy (non-hydrogen) atoms. The van der Waals surface area contributed by atoms with Crippen molar-refractivity contribution in [1.82, 2.24) is 9.88 Å². The number of carbonyl (C=O) groups is 2. The molecule has 0 saturated carbocycles. The topological polar surface area (TPSA) is 79.2 Å². The van der Waals surface area contributed by atoms with Crippen LogP contribution in [0.4, 0.5) is 0 Å². The van der Waals surface area contributed by atoms with E-state index in [-0.39, 0.29) is 17.7 Å². The second-order valence-corrected chi connectivity index (χ2v) is 5.63. The largest absolute Gasteiger partial charge is 0.369 e. The van der Waals surface area contributed by atoms with Crippen LogP contribution in [0, 0.1) is 5.92 Å². The fraction of sp³-hybridized carbons (Fsp3) is 0.375. The minimum absolute atomic E-state index is 0.0785. The molecule has 1 aliphatic heterocycles. The first-order valence-corrected chi connectivity index (χ1v) is 7.26. The Kier molecular flexibility index (Phi) is 3.64. The molecule has 5 nitrogen and oxygen atoms in total. The number of primary amides is 1. The lowest BCUT2D eigenvalue weighted by Crippen LogP contribution is -2.42. The van der Waals surface area contributed by atoms with Gasteiger partial charge in [-0.3, -0.25) is 9.59 Å². The zero-order chi connectivity index (χ0) is 14.8. The molecule has 1 saturated heterocycles. The Hall–Kier alpha value is -2.30. The molecule has 110 valence electrons. The summed E-state index contributed by atoms with van der Waals surface area (Å²) in [6.45, 7) is 1.25. The maximum absolute atomic E-state index is 12.3. The number of rotatable bonds is 3. The Bertz CT molecular complexity index is 669. The summed E-state index contributed by atoms with van der Waals surface area (Å²) in [6.07, 6.45) is 3.66. The van der Waals surface area contributed by atoms with E-state index in [9.17, 15) is 9.59 Å². The fourth-order valence-electron chi connectivity index (χ4n) is 2.91. The molecule has 0 unspecified atom stereocenters. The molecule has 1 aromatic heterocycles. The number of nitrogens with zero attached hydrogens (tertiary/aromatic N) is 1. The van der Waals surface area contributed by atoms with Gasteiger partial charge in [-0.25, -0.2) is 0 Å². The van der Waals surface area contributed by atoms with Crippen LogP contribution in [0.2, 0.25) is 0 Å². The number of piperidine rings is 1. The first kappa shape index (κ1) is 13.7. The Labute approximate surface area is 123 Å². The number of fused-ring (bicyclic) bond motifs is 1. The van der Waals surface area contributed by atoms with Crippen LogP contribution >= 0.6 is 0 Å². The minimum atomic E-state index is -0.250. The van der Waals surface area contributed by atoms with Crippen molar-refractivity contribution in [2.24, 2.45) is 11.7 Å². The van der Waals surface area contributed by atoms with Crippen LogP contribution in [-0.2, 0) is 16.0 Å². The second kappa shape index (κ2) is 5.60. The average Bonchev–Trinajstić information content (AvgIpc) is 2.95. The summed E-state index contributed by atoms with van der Waals surface area (Å²) in [7, 11) is 0. The van der Waals surface area contributed by atoms with E-state index in [2.05, 4.69) is 4.98 Å². The van der Waals surface area contributed by atoms with Gasteiger partial charge in [0, 0.05) is 30.7 Å². The molecular weight excluding hydrogens is 266 g/mol. The van der Waals surface area contributed by atoms with Crippen LogP contribution in [0.1, 0.15) is 18.4 Å². The van der Waals surface area contributed by atoms with Crippen molar-refractivity contribution in [3.05, 3.63) is 36.0 Å². The number of carbonyl (C=O) groups excluding carboxylic acids is 2. The van der Waals surface area contributed by atoms with Gasteiger partial charge in [0.2, 0.25) is 11.8 Å². The maximum atomic E-state index is 12.3. The Morgan fingerprint density at radius 3 is 2.71 bits per heavy atom. The number of hydrogen-bond donors (Lipinski definition) is 2. The van der Waals surface area contributed by atoms with Crippen LogP contribution in [0.25, 0.3) is 10.9 Å². The predicted octanol–water partition coefficient (Wildman–Crippen LogP) is 1.43. The van der Waals surface area contributed by atoms with E-state index >= 15 is 0 Å². The molecule has 1 aromatic carbocycles. The molecule has 0 spiro atoms. The van der Waals surface area contributed by atoms with Crippen molar-refractivity contribution < 1.29 is 9.59 Å². The predicted molar refractivity (Wildman–Crippen MR) is 80.5 cm³/mol. The molecule has 1 aliphatic rings. The normalized spacial score (nSPS) is 16.3. The summed E-state index contributed by atoms with van der Waals surface area (Å²) in [5.74, 6) is -0.210. The van der Waals surface area contributed by atoms with Gasteiger partial charge < -0.3 is 15.6 Å². The summed E-state index contributed by atoms with van der Waals surface area (Å²) in [6, 6.07) is 8.02. The molecule has 2 heterocycles. The number of benzene rings is 1. The van der Waals surface area contributed by atoms with Gasteiger partial charge in [0.25, 0.3) is 0 Å². The van der Waals surface area contributed by atoms with Gasteiger partial charge >= 0.3 is 0 Å². The third-order valence-corrected chi connectivity index (χ3v) is 4.22. The fourth-order valence-corrected chi connectivity index (χ4v) is 2.91. The SMILES string of the molecule is NC(=O)C1CCN(C(=O)Cc2ccc3[nH]ccc3c2)CC1. The van der Waals surface area contributed by atoms with Crippen molar-refractivity contribution in [2.45, 2.75) is 19.3 Å². The molecule has 3 N–H and O–H groups in total. The second-order valence-electron chi connectivity index (χ2n) is 5.63. The Morgan fingerprint density at radius 1 is 1.24 bits per heavy atom. The minimum Gasteiger partial charge on any atom is -0.369 e. The lowest BCUT2D eigenvalue weighted by atomic mass is 9.96. The molecule has 2 amide bonds. The summed E-state index contributed by atoms with van der Waals surface area (Å²) >= 11 is 0. The Morgan fingerprint density at radius 2 is 2.00 bits per heavy atom. The van der Waals surface area contributed by atoms with Gasteiger partial charge in [-0.2, -0.15) is 0 Å². The van der Waals surface area contributed by atoms with Crippen molar-refractivity contribution in [2.75, 3.05) is 13.1 Å². The molecule has 3 rings (SSSR count). The van der Waals surface area contributed by atoms with Crippen LogP contribution in [0.15, 0.2) is 30.5 Å². The van der Waals surface area contributed by atoms with Crippen molar-refractivity contribution in [1.29, 1.82) is 0 Å². The summed E-state index contributed by atoms with van der Waals surface area (Å²) in [5, 5.41) is 1.12. The zero-order valence-corrected chi connectivity index (χ0v) is 11.8. The zero-order valence-electron chi connectivity index (χ0n) is 11.8.